The number of benzene rings is 2. The maximum Gasteiger partial charge on any atom is 0.250 e. The number of carbonyl (C=O) groups excluding carboxylic acids is 2. The Labute approximate surface area is 162 Å². The molecule has 142 valence electrons. The minimum absolute atomic E-state index is 0.120. The summed E-state index contributed by atoms with van der Waals surface area (Å²) in [5.74, 6) is 0.941. The first-order chi connectivity index (χ1) is 13.1. The van der Waals surface area contributed by atoms with Gasteiger partial charge in [0, 0.05) is 11.3 Å². The van der Waals surface area contributed by atoms with Crippen molar-refractivity contribution in [1.29, 1.82) is 0 Å². The van der Waals surface area contributed by atoms with Gasteiger partial charge in [-0.1, -0.05) is 24.3 Å². The number of carbonyl (C=O) groups is 2. The van der Waals surface area contributed by atoms with Gasteiger partial charge in [0.15, 0.2) is 11.5 Å². The molecular weight excluding hydrogens is 366 g/mol. The number of amides is 2. The first-order valence-electron chi connectivity index (χ1n) is 8.09. The van der Waals surface area contributed by atoms with Crippen LogP contribution in [0.3, 0.4) is 0 Å². The van der Waals surface area contributed by atoms with E-state index in [-0.39, 0.29) is 23.3 Å². The maximum atomic E-state index is 11.8. The van der Waals surface area contributed by atoms with Crippen molar-refractivity contribution in [2.45, 2.75) is 0 Å². The minimum Gasteiger partial charge on any atom is -0.493 e. The Morgan fingerprint density at radius 2 is 1.74 bits per heavy atom. The number of hydrazone groups is 1. The second-order valence-corrected chi connectivity index (χ2v) is 6.27. The highest BCUT2D eigenvalue weighted by Crippen LogP contribution is 2.29. The lowest BCUT2D eigenvalue weighted by molar-refractivity contribution is -0.118. The Morgan fingerprint density at radius 1 is 1.00 bits per heavy atom. The normalized spacial score (nSPS) is 10.4. The molecule has 8 heteroatoms. The predicted molar refractivity (Wildman–Crippen MR) is 108 cm³/mol. The molecule has 2 amide bonds. The van der Waals surface area contributed by atoms with E-state index in [1.54, 1.807) is 37.4 Å². The lowest BCUT2D eigenvalue weighted by Gasteiger charge is -2.09. The largest absolute Gasteiger partial charge is 0.493 e. The number of rotatable bonds is 9. The van der Waals surface area contributed by atoms with E-state index in [1.165, 1.54) is 25.1 Å². The van der Waals surface area contributed by atoms with Crippen molar-refractivity contribution in [3.8, 4) is 11.5 Å². The standard InChI is InChI=1S/C19H21N3O4S/c1-25-16-10-6-7-14(19(16)26-2)11-20-22-18(24)13-27-12-17(23)21-15-8-4-3-5-9-15/h3-11H,12-13H2,1-2H3,(H,21,23)(H,22,24)/b20-11+. The SMILES string of the molecule is COc1cccc(/C=N/NC(=O)CSCC(=O)Nc2ccccc2)c1OC. The zero-order valence-electron chi connectivity index (χ0n) is 15.1. The molecule has 27 heavy (non-hydrogen) atoms. The Hall–Kier alpha value is -3.00. The Kier molecular flexibility index (Phi) is 8.18. The molecule has 0 bridgehead atoms. The topological polar surface area (TPSA) is 89.0 Å². The quantitative estimate of drug-likeness (QED) is 0.510. The average molecular weight is 387 g/mol. The van der Waals surface area contributed by atoms with Crippen molar-refractivity contribution in [1.82, 2.24) is 5.43 Å². The summed E-state index contributed by atoms with van der Waals surface area (Å²) in [6.07, 6.45) is 1.48. The zero-order valence-corrected chi connectivity index (χ0v) is 15.9. The van der Waals surface area contributed by atoms with Crippen LogP contribution in [0.5, 0.6) is 11.5 Å². The number of methoxy groups -OCH3 is 2. The predicted octanol–water partition coefficient (Wildman–Crippen LogP) is 2.53. The number of hydrogen-bond donors (Lipinski definition) is 2. The highest BCUT2D eigenvalue weighted by Gasteiger charge is 2.08. The van der Waals surface area contributed by atoms with Crippen molar-refractivity contribution in [2.24, 2.45) is 5.10 Å². The minimum atomic E-state index is -0.300. The van der Waals surface area contributed by atoms with Gasteiger partial charge in [0.05, 0.1) is 31.9 Å². The molecule has 0 aliphatic carbocycles. The molecule has 2 aromatic carbocycles. The summed E-state index contributed by atoms with van der Waals surface area (Å²) in [6, 6.07) is 14.5. The number of hydrogen-bond acceptors (Lipinski definition) is 6. The molecular formula is C19H21N3O4S. The maximum absolute atomic E-state index is 11.8. The molecule has 0 aliphatic heterocycles. The highest BCUT2D eigenvalue weighted by molar-refractivity contribution is 8.00. The number of nitrogens with one attached hydrogen (secondary N) is 2. The third-order valence-electron chi connectivity index (χ3n) is 3.35. The number of ether oxygens (including phenoxy) is 2. The second-order valence-electron chi connectivity index (χ2n) is 5.28. The average Bonchev–Trinajstić information content (AvgIpc) is 2.68. The molecule has 0 atom stereocenters. The van der Waals surface area contributed by atoms with Crippen LogP contribution in [0.25, 0.3) is 0 Å². The van der Waals surface area contributed by atoms with Gasteiger partial charge < -0.3 is 14.8 Å². The van der Waals surface area contributed by atoms with Crippen LogP contribution in [-0.4, -0.2) is 43.8 Å². The fraction of sp³-hybridized carbons (Fsp3) is 0.211. The van der Waals surface area contributed by atoms with Crippen LogP contribution in [0.1, 0.15) is 5.56 Å². The molecule has 0 aliphatic rings. The first-order valence-corrected chi connectivity index (χ1v) is 9.25. The molecule has 0 fully saturated rings. The fourth-order valence-corrected chi connectivity index (χ4v) is 2.78. The van der Waals surface area contributed by atoms with Crippen molar-refractivity contribution in [3.05, 3.63) is 54.1 Å². The van der Waals surface area contributed by atoms with Crippen molar-refractivity contribution < 1.29 is 19.1 Å². The monoisotopic (exact) mass is 387 g/mol. The van der Waals surface area contributed by atoms with Gasteiger partial charge in [0.25, 0.3) is 0 Å². The molecule has 0 saturated heterocycles. The molecule has 0 radical (unpaired) electrons. The lowest BCUT2D eigenvalue weighted by atomic mass is 10.2. The van der Waals surface area contributed by atoms with E-state index in [0.29, 0.717) is 17.1 Å². The third-order valence-corrected chi connectivity index (χ3v) is 4.28. The Bertz CT molecular complexity index is 797. The van der Waals surface area contributed by atoms with Crippen molar-refractivity contribution in [2.75, 3.05) is 31.0 Å². The van der Waals surface area contributed by atoms with Crippen LogP contribution in [0.2, 0.25) is 0 Å². The number of thioether (sulfide) groups is 1. The van der Waals surface area contributed by atoms with Crippen molar-refractivity contribution >= 4 is 35.5 Å². The molecule has 7 nitrogen and oxygen atoms in total. The summed E-state index contributed by atoms with van der Waals surface area (Å²) in [5, 5.41) is 6.67. The summed E-state index contributed by atoms with van der Waals surface area (Å²) >= 11 is 1.21. The Morgan fingerprint density at radius 3 is 2.44 bits per heavy atom. The van der Waals surface area contributed by atoms with Crippen molar-refractivity contribution in [3.63, 3.8) is 0 Å². The molecule has 0 unspecified atom stereocenters. The van der Waals surface area contributed by atoms with Gasteiger partial charge in [0.1, 0.15) is 0 Å². The van der Waals surface area contributed by atoms with Crippen LogP contribution in [0, 0.1) is 0 Å². The van der Waals surface area contributed by atoms with Crippen LogP contribution < -0.4 is 20.2 Å². The molecule has 0 saturated carbocycles. The molecule has 2 aromatic rings. The van der Waals surface area contributed by atoms with Gasteiger partial charge in [-0.2, -0.15) is 5.10 Å². The summed E-state index contributed by atoms with van der Waals surface area (Å²) in [6.45, 7) is 0. The summed E-state index contributed by atoms with van der Waals surface area (Å²) in [5.41, 5.74) is 3.82. The molecule has 0 aromatic heterocycles. The number of anilines is 1. The van der Waals surface area contributed by atoms with E-state index in [9.17, 15) is 9.59 Å². The van der Waals surface area contributed by atoms with Gasteiger partial charge in [-0.3, -0.25) is 9.59 Å². The molecule has 0 heterocycles. The van der Waals surface area contributed by atoms with E-state index in [2.05, 4.69) is 15.8 Å². The van der Waals surface area contributed by atoms with Crippen LogP contribution in [-0.2, 0) is 9.59 Å². The van der Waals surface area contributed by atoms with E-state index < -0.39 is 0 Å². The fourth-order valence-electron chi connectivity index (χ4n) is 2.17. The smallest absolute Gasteiger partial charge is 0.250 e. The Balaban J connectivity index is 1.75. The van der Waals surface area contributed by atoms with Crippen LogP contribution >= 0.6 is 11.8 Å². The summed E-state index contributed by atoms with van der Waals surface area (Å²) in [4.78, 5) is 23.6. The van der Waals surface area contributed by atoms with E-state index in [4.69, 9.17) is 9.47 Å². The van der Waals surface area contributed by atoms with E-state index in [0.717, 1.165) is 5.69 Å². The molecule has 2 rings (SSSR count). The van der Waals surface area contributed by atoms with E-state index in [1.807, 2.05) is 18.2 Å². The number of para-hydroxylation sites is 2. The zero-order chi connectivity index (χ0) is 19.5. The van der Waals surface area contributed by atoms with Gasteiger partial charge in [-0.15, -0.1) is 11.8 Å². The first kappa shape index (κ1) is 20.3. The van der Waals surface area contributed by atoms with Gasteiger partial charge in [-0.05, 0) is 24.3 Å². The number of nitrogens with zero attached hydrogens (tertiary/aromatic N) is 1. The van der Waals surface area contributed by atoms with Crippen LogP contribution in [0.15, 0.2) is 53.6 Å². The summed E-state index contributed by atoms with van der Waals surface area (Å²) in [7, 11) is 3.08. The molecule has 0 spiro atoms. The molecule has 2 N–H and O–H groups in total. The van der Waals surface area contributed by atoms with Gasteiger partial charge in [-0.25, -0.2) is 5.43 Å². The second kappa shape index (κ2) is 10.9. The highest BCUT2D eigenvalue weighted by atomic mass is 32.2. The van der Waals surface area contributed by atoms with Crippen LogP contribution in [0.4, 0.5) is 5.69 Å². The third kappa shape index (κ3) is 6.67. The summed E-state index contributed by atoms with van der Waals surface area (Å²) < 4.78 is 10.5. The lowest BCUT2D eigenvalue weighted by Crippen LogP contribution is -2.21. The van der Waals surface area contributed by atoms with Gasteiger partial charge >= 0.3 is 0 Å². The van der Waals surface area contributed by atoms with E-state index >= 15 is 0 Å². The van der Waals surface area contributed by atoms with Gasteiger partial charge in [0.2, 0.25) is 11.8 Å².